The van der Waals surface area contributed by atoms with Gasteiger partial charge in [0, 0.05) is 11.9 Å². The lowest BCUT2D eigenvalue weighted by molar-refractivity contribution is 0.0697. The Balaban J connectivity index is 2.28. The fourth-order valence-corrected chi connectivity index (χ4v) is 1.72. The van der Waals surface area contributed by atoms with Gasteiger partial charge < -0.3 is 10.4 Å². The molecule has 92 valence electrons. The van der Waals surface area contributed by atoms with Gasteiger partial charge in [0.2, 0.25) is 0 Å². The summed E-state index contributed by atoms with van der Waals surface area (Å²) in [4.78, 5) is 15.0. The first-order chi connectivity index (χ1) is 8.56. The molecule has 1 heterocycles. The average Bonchev–Trinajstić information content (AvgIpc) is 2.33. The molecule has 0 aliphatic rings. The summed E-state index contributed by atoms with van der Waals surface area (Å²) in [6.07, 6.45) is 1.48. The summed E-state index contributed by atoms with van der Waals surface area (Å²) < 4.78 is 0. The fraction of sp³-hybridized carbons (Fsp3) is 0.143. The van der Waals surface area contributed by atoms with Crippen molar-refractivity contribution in [2.24, 2.45) is 0 Å². The number of carboxylic acid groups (broad SMARTS) is 1. The maximum absolute atomic E-state index is 10.9. The molecule has 0 amide bonds. The minimum atomic E-state index is -0.957. The number of nitrogens with zero attached hydrogens (tertiary/aromatic N) is 1. The smallest absolute Gasteiger partial charge is 0.335 e. The van der Waals surface area contributed by atoms with Crippen LogP contribution in [0.3, 0.4) is 0 Å². The van der Waals surface area contributed by atoms with Crippen LogP contribution in [0.4, 0.5) is 11.5 Å². The molecule has 0 fully saturated rings. The number of carbonyl (C=O) groups is 1. The van der Waals surface area contributed by atoms with E-state index in [0.29, 0.717) is 5.82 Å². The zero-order chi connectivity index (χ0) is 13.1. The second-order valence-corrected chi connectivity index (χ2v) is 4.18. The van der Waals surface area contributed by atoms with Crippen LogP contribution in [0.25, 0.3) is 0 Å². The number of nitrogens with one attached hydrogen (secondary N) is 1. The molecular weight excluding hydrogens is 228 g/mol. The van der Waals surface area contributed by atoms with Crippen LogP contribution in [0.2, 0.25) is 0 Å². The molecule has 0 saturated heterocycles. The van der Waals surface area contributed by atoms with Gasteiger partial charge in [-0.2, -0.15) is 0 Å². The fourth-order valence-electron chi connectivity index (χ4n) is 1.72. The van der Waals surface area contributed by atoms with Gasteiger partial charge in [-0.05, 0) is 37.6 Å². The van der Waals surface area contributed by atoms with E-state index in [1.807, 2.05) is 26.0 Å². The van der Waals surface area contributed by atoms with Crippen LogP contribution in [0.1, 0.15) is 21.5 Å². The second kappa shape index (κ2) is 4.87. The van der Waals surface area contributed by atoms with Gasteiger partial charge in [0.1, 0.15) is 5.82 Å². The van der Waals surface area contributed by atoms with Gasteiger partial charge in [-0.15, -0.1) is 0 Å². The van der Waals surface area contributed by atoms with Gasteiger partial charge in [-0.3, -0.25) is 0 Å². The van der Waals surface area contributed by atoms with Crippen molar-refractivity contribution in [1.82, 2.24) is 4.98 Å². The molecule has 0 radical (unpaired) electrons. The van der Waals surface area contributed by atoms with E-state index >= 15 is 0 Å². The lowest BCUT2D eigenvalue weighted by atomic mass is 10.1. The summed E-state index contributed by atoms with van der Waals surface area (Å²) in [5.74, 6) is -0.428. The van der Waals surface area contributed by atoms with Crippen molar-refractivity contribution in [3.05, 3.63) is 53.2 Å². The third kappa shape index (κ3) is 2.66. The van der Waals surface area contributed by atoms with Gasteiger partial charge in [0.05, 0.1) is 5.56 Å². The minimum Gasteiger partial charge on any atom is -0.478 e. The average molecular weight is 242 g/mol. The zero-order valence-corrected chi connectivity index (χ0v) is 10.3. The van der Waals surface area contributed by atoms with Crippen molar-refractivity contribution < 1.29 is 9.90 Å². The molecule has 2 rings (SSSR count). The molecule has 0 unspecified atom stereocenters. The highest BCUT2D eigenvalue weighted by Crippen LogP contribution is 2.20. The third-order valence-corrected chi connectivity index (χ3v) is 2.65. The minimum absolute atomic E-state index is 0.220. The molecule has 2 aromatic rings. The van der Waals surface area contributed by atoms with E-state index in [1.54, 1.807) is 0 Å². The number of aromatic carboxylic acids is 1. The van der Waals surface area contributed by atoms with Crippen molar-refractivity contribution in [2.75, 3.05) is 5.32 Å². The van der Waals surface area contributed by atoms with Gasteiger partial charge in [0.25, 0.3) is 0 Å². The lowest BCUT2D eigenvalue weighted by Crippen LogP contribution is -2.00. The maximum atomic E-state index is 10.9. The van der Waals surface area contributed by atoms with Crippen molar-refractivity contribution >= 4 is 17.5 Å². The Morgan fingerprint density at radius 2 is 2.00 bits per heavy atom. The quantitative estimate of drug-likeness (QED) is 0.868. The number of rotatable bonds is 3. The Kier molecular flexibility index (Phi) is 3.28. The zero-order valence-electron chi connectivity index (χ0n) is 10.3. The van der Waals surface area contributed by atoms with Crippen molar-refractivity contribution in [1.29, 1.82) is 0 Å². The standard InChI is InChI=1S/C14H14N2O2/c1-9-3-4-12(10(2)7-9)16-13-8-11(14(17)18)5-6-15-13/h3-8H,1-2H3,(H,15,16)(H,17,18). The number of anilines is 2. The van der Waals surface area contributed by atoms with E-state index in [4.69, 9.17) is 5.11 Å². The Hall–Kier alpha value is -2.36. The highest BCUT2D eigenvalue weighted by molar-refractivity contribution is 5.88. The van der Waals surface area contributed by atoms with Crippen molar-refractivity contribution in [2.45, 2.75) is 13.8 Å². The highest BCUT2D eigenvalue weighted by Gasteiger charge is 2.05. The number of hydrogen-bond donors (Lipinski definition) is 2. The normalized spacial score (nSPS) is 10.1. The largest absolute Gasteiger partial charge is 0.478 e. The summed E-state index contributed by atoms with van der Waals surface area (Å²) in [5.41, 5.74) is 3.43. The van der Waals surface area contributed by atoms with Crippen LogP contribution in [0.15, 0.2) is 36.5 Å². The van der Waals surface area contributed by atoms with E-state index in [-0.39, 0.29) is 5.56 Å². The predicted octanol–water partition coefficient (Wildman–Crippen LogP) is 3.14. The monoisotopic (exact) mass is 242 g/mol. The van der Waals surface area contributed by atoms with Crippen LogP contribution in [0.5, 0.6) is 0 Å². The number of hydrogen-bond acceptors (Lipinski definition) is 3. The molecule has 0 saturated carbocycles. The Morgan fingerprint density at radius 1 is 1.22 bits per heavy atom. The van der Waals surface area contributed by atoms with Crippen LogP contribution >= 0.6 is 0 Å². The molecule has 1 aromatic carbocycles. The molecule has 0 aliphatic carbocycles. The van der Waals surface area contributed by atoms with Gasteiger partial charge in [0.15, 0.2) is 0 Å². The van der Waals surface area contributed by atoms with Crippen LogP contribution in [-0.4, -0.2) is 16.1 Å². The van der Waals surface area contributed by atoms with E-state index in [9.17, 15) is 4.79 Å². The van der Waals surface area contributed by atoms with Crippen LogP contribution in [-0.2, 0) is 0 Å². The first-order valence-corrected chi connectivity index (χ1v) is 5.60. The van der Waals surface area contributed by atoms with E-state index in [2.05, 4.69) is 16.4 Å². The molecule has 0 spiro atoms. The van der Waals surface area contributed by atoms with Crippen molar-refractivity contribution in [3.8, 4) is 0 Å². The maximum Gasteiger partial charge on any atom is 0.335 e. The molecule has 0 aliphatic heterocycles. The van der Waals surface area contributed by atoms with E-state index in [1.165, 1.54) is 23.9 Å². The Bertz CT molecular complexity index is 594. The molecule has 0 atom stereocenters. The number of benzene rings is 1. The molecular formula is C14H14N2O2. The molecule has 4 nitrogen and oxygen atoms in total. The summed E-state index contributed by atoms with van der Waals surface area (Å²) >= 11 is 0. The number of pyridine rings is 1. The summed E-state index contributed by atoms with van der Waals surface area (Å²) in [6.45, 7) is 4.02. The third-order valence-electron chi connectivity index (χ3n) is 2.65. The summed E-state index contributed by atoms with van der Waals surface area (Å²) in [5, 5.41) is 12.0. The first kappa shape index (κ1) is 12.1. The number of carboxylic acids is 1. The lowest BCUT2D eigenvalue weighted by Gasteiger charge is -2.09. The van der Waals surface area contributed by atoms with Crippen LogP contribution < -0.4 is 5.32 Å². The number of aromatic nitrogens is 1. The SMILES string of the molecule is Cc1ccc(Nc2cc(C(=O)O)ccn2)c(C)c1. The topological polar surface area (TPSA) is 62.2 Å². The Morgan fingerprint density at radius 3 is 2.67 bits per heavy atom. The number of aryl methyl sites for hydroxylation is 2. The Labute approximate surface area is 105 Å². The molecule has 1 aromatic heterocycles. The summed E-state index contributed by atoms with van der Waals surface area (Å²) in [7, 11) is 0. The predicted molar refractivity (Wildman–Crippen MR) is 70.4 cm³/mol. The van der Waals surface area contributed by atoms with Crippen LogP contribution in [0, 0.1) is 13.8 Å². The van der Waals surface area contributed by atoms with E-state index in [0.717, 1.165) is 11.3 Å². The summed E-state index contributed by atoms with van der Waals surface area (Å²) in [6, 6.07) is 9.00. The molecule has 0 bridgehead atoms. The first-order valence-electron chi connectivity index (χ1n) is 5.60. The van der Waals surface area contributed by atoms with Crippen molar-refractivity contribution in [3.63, 3.8) is 0 Å². The van der Waals surface area contributed by atoms with Gasteiger partial charge >= 0.3 is 5.97 Å². The van der Waals surface area contributed by atoms with Gasteiger partial charge in [-0.25, -0.2) is 9.78 Å². The molecule has 2 N–H and O–H groups in total. The highest BCUT2D eigenvalue weighted by atomic mass is 16.4. The van der Waals surface area contributed by atoms with E-state index < -0.39 is 5.97 Å². The molecule has 4 heteroatoms. The van der Waals surface area contributed by atoms with Gasteiger partial charge in [-0.1, -0.05) is 17.7 Å². The second-order valence-electron chi connectivity index (χ2n) is 4.18. The molecule has 18 heavy (non-hydrogen) atoms.